The molecule has 7 nitrogen and oxygen atoms in total. The smallest absolute Gasteiger partial charge is 0.268 e. The largest absolute Gasteiger partial charge is 0.364 e. The number of rotatable bonds is 4. The summed E-state index contributed by atoms with van der Waals surface area (Å²) in [7, 11) is 0. The molecule has 3 N–H and O–H groups in total. The average Bonchev–Trinajstić information content (AvgIpc) is 3.13. The molecule has 0 bridgehead atoms. The van der Waals surface area contributed by atoms with Crippen LogP contribution in [0, 0.1) is 5.82 Å². The van der Waals surface area contributed by atoms with Crippen LogP contribution in [-0.2, 0) is 12.0 Å². The Hall–Kier alpha value is -3.81. The number of hydrogen-bond acceptors (Lipinski definition) is 4. The van der Waals surface area contributed by atoms with Crippen LogP contribution in [0.5, 0.6) is 0 Å². The number of aromatic nitrogens is 4. The lowest BCUT2D eigenvalue weighted by Gasteiger charge is -2.14. The van der Waals surface area contributed by atoms with Crippen molar-refractivity contribution in [3.63, 3.8) is 0 Å². The Labute approximate surface area is 177 Å². The molecule has 0 spiro atoms. The highest BCUT2D eigenvalue weighted by Gasteiger charge is 2.22. The Morgan fingerprint density at radius 3 is 2.52 bits per heavy atom. The van der Waals surface area contributed by atoms with E-state index in [1.165, 1.54) is 24.4 Å². The number of aromatic amines is 1. The summed E-state index contributed by atoms with van der Waals surface area (Å²) in [4.78, 5) is 31.7. The van der Waals surface area contributed by atoms with Crippen LogP contribution in [0.1, 0.15) is 42.5 Å². The molecule has 31 heavy (non-hydrogen) atoms. The number of H-pyrrole nitrogens is 1. The number of carbonyl (C=O) groups is 1. The van der Waals surface area contributed by atoms with Gasteiger partial charge in [0.05, 0.1) is 34.5 Å². The third kappa shape index (κ3) is 3.96. The fraction of sp³-hybridized carbons (Fsp3) is 0.217. The molecule has 3 aromatic heterocycles. The van der Waals surface area contributed by atoms with Gasteiger partial charge in [-0.15, -0.1) is 0 Å². The molecule has 0 aliphatic heterocycles. The molecule has 0 saturated carbocycles. The van der Waals surface area contributed by atoms with Gasteiger partial charge in [-0.05, 0) is 29.8 Å². The van der Waals surface area contributed by atoms with Gasteiger partial charge in [-0.25, -0.2) is 4.39 Å². The minimum Gasteiger partial charge on any atom is -0.364 e. The third-order valence-electron chi connectivity index (χ3n) is 5.05. The molecule has 0 aliphatic carbocycles. The number of hydrogen-bond donors (Lipinski definition) is 2. The molecule has 1 amide bonds. The van der Waals surface area contributed by atoms with Crippen molar-refractivity contribution >= 4 is 16.8 Å². The van der Waals surface area contributed by atoms with E-state index in [4.69, 9.17) is 10.8 Å². The highest BCUT2D eigenvalue weighted by molar-refractivity contribution is 6.03. The van der Waals surface area contributed by atoms with Gasteiger partial charge < -0.3 is 10.7 Å². The second-order valence-electron chi connectivity index (χ2n) is 8.44. The van der Waals surface area contributed by atoms with Crippen molar-refractivity contribution in [2.24, 2.45) is 5.73 Å². The average molecular weight is 419 g/mol. The topological polar surface area (TPSA) is 107 Å². The van der Waals surface area contributed by atoms with E-state index >= 15 is 0 Å². The van der Waals surface area contributed by atoms with Gasteiger partial charge in [0.2, 0.25) is 0 Å². The molecule has 0 fully saturated rings. The van der Waals surface area contributed by atoms with Crippen molar-refractivity contribution < 1.29 is 9.18 Å². The summed E-state index contributed by atoms with van der Waals surface area (Å²) in [5.74, 6) is -1.07. The monoisotopic (exact) mass is 419 g/mol. The van der Waals surface area contributed by atoms with E-state index in [0.717, 1.165) is 11.3 Å². The van der Waals surface area contributed by atoms with Crippen molar-refractivity contribution in [2.75, 3.05) is 0 Å². The first-order chi connectivity index (χ1) is 14.6. The van der Waals surface area contributed by atoms with Crippen molar-refractivity contribution in [2.45, 2.75) is 32.7 Å². The van der Waals surface area contributed by atoms with Crippen molar-refractivity contribution in [1.82, 2.24) is 19.7 Å². The lowest BCUT2D eigenvalue weighted by atomic mass is 9.92. The SMILES string of the molecule is CC(C)(C)c1cc(-c2cc(=O)c3c(C(N)=O)nccc3[nH]2)n(Cc2ccc(F)cc2)n1. The van der Waals surface area contributed by atoms with Gasteiger partial charge in [-0.3, -0.25) is 19.3 Å². The van der Waals surface area contributed by atoms with Gasteiger partial charge in [0.1, 0.15) is 11.5 Å². The molecule has 0 unspecified atom stereocenters. The lowest BCUT2D eigenvalue weighted by Crippen LogP contribution is -2.18. The fourth-order valence-corrected chi connectivity index (χ4v) is 3.41. The summed E-state index contributed by atoms with van der Waals surface area (Å²) >= 11 is 0. The maximum atomic E-state index is 13.3. The van der Waals surface area contributed by atoms with Crippen LogP contribution in [0.15, 0.2) is 53.5 Å². The number of carbonyl (C=O) groups excluding carboxylic acids is 1. The van der Waals surface area contributed by atoms with Crippen LogP contribution in [0.3, 0.4) is 0 Å². The Bertz CT molecular complexity index is 1350. The molecule has 0 aliphatic rings. The lowest BCUT2D eigenvalue weighted by molar-refractivity contribution is 0.0997. The quantitative estimate of drug-likeness (QED) is 0.529. The second-order valence-corrected chi connectivity index (χ2v) is 8.44. The van der Waals surface area contributed by atoms with E-state index in [2.05, 4.69) is 30.7 Å². The number of primary amides is 1. The molecule has 8 heteroatoms. The molecule has 0 saturated heterocycles. The number of fused-ring (bicyclic) bond motifs is 1. The number of nitrogens with zero attached hydrogens (tertiary/aromatic N) is 3. The Morgan fingerprint density at radius 1 is 1.16 bits per heavy atom. The van der Waals surface area contributed by atoms with E-state index in [1.807, 2.05) is 6.07 Å². The van der Waals surface area contributed by atoms with Gasteiger partial charge in [-0.1, -0.05) is 32.9 Å². The number of nitrogens with two attached hydrogens (primary N) is 1. The summed E-state index contributed by atoms with van der Waals surface area (Å²) in [6.07, 6.45) is 1.43. The zero-order valence-corrected chi connectivity index (χ0v) is 17.4. The zero-order valence-electron chi connectivity index (χ0n) is 17.4. The van der Waals surface area contributed by atoms with Crippen LogP contribution in [0.4, 0.5) is 4.39 Å². The molecule has 4 rings (SSSR count). The molecule has 0 atom stereocenters. The Kier molecular flexibility index (Phi) is 4.93. The van der Waals surface area contributed by atoms with E-state index < -0.39 is 5.91 Å². The molecule has 0 radical (unpaired) electrons. The number of halogens is 1. The van der Waals surface area contributed by atoms with Crippen LogP contribution in [-0.4, -0.2) is 25.7 Å². The van der Waals surface area contributed by atoms with Crippen LogP contribution >= 0.6 is 0 Å². The van der Waals surface area contributed by atoms with Gasteiger partial charge in [0.15, 0.2) is 5.43 Å². The molecule has 3 heterocycles. The van der Waals surface area contributed by atoms with Gasteiger partial charge in [-0.2, -0.15) is 5.10 Å². The summed E-state index contributed by atoms with van der Waals surface area (Å²) in [5, 5.41) is 4.90. The maximum absolute atomic E-state index is 13.3. The van der Waals surface area contributed by atoms with Crippen molar-refractivity contribution in [1.29, 1.82) is 0 Å². The van der Waals surface area contributed by atoms with Crippen LogP contribution in [0.2, 0.25) is 0 Å². The first-order valence-electron chi connectivity index (χ1n) is 9.78. The maximum Gasteiger partial charge on any atom is 0.268 e. The highest BCUT2D eigenvalue weighted by Crippen LogP contribution is 2.27. The van der Waals surface area contributed by atoms with E-state index in [0.29, 0.717) is 23.4 Å². The van der Waals surface area contributed by atoms with Crippen LogP contribution < -0.4 is 11.2 Å². The number of amides is 1. The number of pyridine rings is 2. The highest BCUT2D eigenvalue weighted by atomic mass is 19.1. The number of benzene rings is 1. The Balaban J connectivity index is 1.89. The summed E-state index contributed by atoms with van der Waals surface area (Å²) in [5.41, 5.74) is 8.14. The molecule has 158 valence electrons. The van der Waals surface area contributed by atoms with E-state index in [9.17, 15) is 14.0 Å². The Morgan fingerprint density at radius 2 is 1.87 bits per heavy atom. The minimum absolute atomic E-state index is 0.0690. The molecule has 4 aromatic rings. The summed E-state index contributed by atoms with van der Waals surface area (Å²) in [6, 6.07) is 11.2. The zero-order chi connectivity index (χ0) is 22.3. The summed E-state index contributed by atoms with van der Waals surface area (Å²) in [6.45, 7) is 6.55. The molecule has 1 aromatic carbocycles. The number of nitrogens with one attached hydrogen (secondary N) is 1. The first kappa shape index (κ1) is 20.5. The van der Waals surface area contributed by atoms with Gasteiger partial charge in [0, 0.05) is 17.7 Å². The standard InChI is InChI=1S/C23H22FN5O2/c1-23(2,3)19-11-17(29(28-19)12-13-4-6-14(24)7-5-13)16-10-18(30)20-15(27-16)8-9-26-21(20)22(25)31/h4-11H,12H2,1-3H3,(H2,25,31)(H,27,30). The molecular weight excluding hydrogens is 397 g/mol. The predicted molar refractivity (Wildman–Crippen MR) is 116 cm³/mol. The van der Waals surface area contributed by atoms with Crippen LogP contribution in [0.25, 0.3) is 22.3 Å². The van der Waals surface area contributed by atoms with E-state index in [1.54, 1.807) is 22.9 Å². The predicted octanol–water partition coefficient (Wildman–Crippen LogP) is 3.37. The van der Waals surface area contributed by atoms with Crippen molar-refractivity contribution in [3.8, 4) is 11.4 Å². The normalized spacial score (nSPS) is 11.7. The van der Waals surface area contributed by atoms with E-state index in [-0.39, 0.29) is 27.7 Å². The molecular formula is C23H22FN5O2. The van der Waals surface area contributed by atoms with Gasteiger partial charge in [0.25, 0.3) is 5.91 Å². The first-order valence-corrected chi connectivity index (χ1v) is 9.78. The third-order valence-corrected chi connectivity index (χ3v) is 5.05. The minimum atomic E-state index is -0.764. The fourth-order valence-electron chi connectivity index (χ4n) is 3.41. The summed E-state index contributed by atoms with van der Waals surface area (Å²) < 4.78 is 15.1. The second kappa shape index (κ2) is 7.46. The van der Waals surface area contributed by atoms with Gasteiger partial charge >= 0.3 is 0 Å². The van der Waals surface area contributed by atoms with Crippen molar-refractivity contribution in [3.05, 3.63) is 81.7 Å².